The number of thiazole rings is 1. The van der Waals surface area contributed by atoms with Crippen LogP contribution in [0.25, 0.3) is 0 Å². The summed E-state index contributed by atoms with van der Waals surface area (Å²) in [6.45, 7) is 3.32. The standard InChI is InChI=1S/C15H17N3O3S/c1-9-14(10(2)19)22-15(17-9)18-16-8-11-7-12(20-3)5-6-13(11)21-4/h5-8H,1-4H3,(H,17,18)/b16-8+. The zero-order valence-corrected chi connectivity index (χ0v) is 13.7. The highest BCUT2D eigenvalue weighted by Crippen LogP contribution is 2.24. The molecule has 0 saturated heterocycles. The molecule has 1 aromatic carbocycles. The van der Waals surface area contributed by atoms with Crippen LogP contribution in [-0.2, 0) is 0 Å². The zero-order valence-electron chi connectivity index (χ0n) is 12.8. The van der Waals surface area contributed by atoms with Crippen LogP contribution in [0.5, 0.6) is 11.5 Å². The van der Waals surface area contributed by atoms with Gasteiger partial charge in [0.25, 0.3) is 0 Å². The number of aromatic nitrogens is 1. The maximum absolute atomic E-state index is 11.4. The summed E-state index contributed by atoms with van der Waals surface area (Å²) in [4.78, 5) is 16.3. The van der Waals surface area contributed by atoms with Gasteiger partial charge in [0.15, 0.2) is 5.78 Å². The number of ketones is 1. The van der Waals surface area contributed by atoms with E-state index in [9.17, 15) is 4.79 Å². The highest BCUT2D eigenvalue weighted by molar-refractivity contribution is 7.17. The molecule has 0 saturated carbocycles. The van der Waals surface area contributed by atoms with E-state index >= 15 is 0 Å². The minimum absolute atomic E-state index is 0.00138. The van der Waals surface area contributed by atoms with E-state index in [1.165, 1.54) is 18.3 Å². The minimum Gasteiger partial charge on any atom is -0.497 e. The summed E-state index contributed by atoms with van der Waals surface area (Å²) in [5.74, 6) is 1.40. The Morgan fingerprint density at radius 2 is 2.14 bits per heavy atom. The second kappa shape index (κ2) is 7.04. The zero-order chi connectivity index (χ0) is 16.1. The van der Waals surface area contributed by atoms with Crippen LogP contribution in [0.15, 0.2) is 23.3 Å². The number of carbonyl (C=O) groups is 1. The summed E-state index contributed by atoms with van der Waals surface area (Å²) >= 11 is 1.28. The van der Waals surface area contributed by atoms with Crippen molar-refractivity contribution < 1.29 is 14.3 Å². The lowest BCUT2D eigenvalue weighted by Gasteiger charge is -2.06. The van der Waals surface area contributed by atoms with Gasteiger partial charge in [-0.3, -0.25) is 10.2 Å². The van der Waals surface area contributed by atoms with Crippen molar-refractivity contribution in [3.8, 4) is 11.5 Å². The summed E-state index contributed by atoms with van der Waals surface area (Å²) < 4.78 is 10.4. The Labute approximate surface area is 132 Å². The number of carbonyl (C=O) groups excluding carboxylic acids is 1. The number of anilines is 1. The third-order valence-electron chi connectivity index (χ3n) is 2.92. The van der Waals surface area contributed by atoms with Crippen LogP contribution in [0.1, 0.15) is 27.9 Å². The molecule has 22 heavy (non-hydrogen) atoms. The van der Waals surface area contributed by atoms with Crippen LogP contribution in [0.4, 0.5) is 5.13 Å². The first-order valence-corrected chi connectivity index (χ1v) is 7.36. The topological polar surface area (TPSA) is 72.8 Å². The summed E-state index contributed by atoms with van der Waals surface area (Å²) in [7, 11) is 3.19. The lowest BCUT2D eigenvalue weighted by atomic mass is 10.2. The molecule has 6 nitrogen and oxygen atoms in total. The smallest absolute Gasteiger partial charge is 0.204 e. The average molecular weight is 319 g/mol. The third kappa shape index (κ3) is 3.62. The summed E-state index contributed by atoms with van der Waals surface area (Å²) in [6.07, 6.45) is 1.62. The maximum atomic E-state index is 11.4. The normalized spacial score (nSPS) is 10.7. The minimum atomic E-state index is 0.00138. The molecule has 1 N–H and O–H groups in total. The first kappa shape index (κ1) is 16.0. The molecule has 0 unspecified atom stereocenters. The molecular weight excluding hydrogens is 302 g/mol. The molecule has 1 aromatic heterocycles. The Balaban J connectivity index is 2.15. The molecule has 0 fully saturated rings. The highest BCUT2D eigenvalue weighted by Gasteiger charge is 2.10. The fraction of sp³-hybridized carbons (Fsp3) is 0.267. The Bertz CT molecular complexity index is 710. The molecule has 0 aliphatic heterocycles. The van der Waals surface area contributed by atoms with Gasteiger partial charge in [0, 0.05) is 12.5 Å². The lowest BCUT2D eigenvalue weighted by molar-refractivity contribution is 0.102. The number of Topliss-reactive ketones (excluding diaryl/α,β-unsaturated/α-hetero) is 1. The van der Waals surface area contributed by atoms with Gasteiger partial charge in [0.05, 0.1) is 31.0 Å². The Hall–Kier alpha value is -2.41. The summed E-state index contributed by atoms with van der Waals surface area (Å²) in [5.41, 5.74) is 4.30. The predicted octanol–water partition coefficient (Wildman–Crippen LogP) is 3.12. The first-order valence-electron chi connectivity index (χ1n) is 6.54. The Kier molecular flexibility index (Phi) is 5.11. The second-order valence-electron chi connectivity index (χ2n) is 4.47. The second-order valence-corrected chi connectivity index (χ2v) is 5.47. The number of rotatable bonds is 6. The van der Waals surface area contributed by atoms with Gasteiger partial charge in [0.2, 0.25) is 5.13 Å². The molecule has 0 radical (unpaired) electrons. The van der Waals surface area contributed by atoms with Gasteiger partial charge < -0.3 is 9.47 Å². The van der Waals surface area contributed by atoms with E-state index in [1.54, 1.807) is 27.4 Å². The van der Waals surface area contributed by atoms with Gasteiger partial charge in [-0.05, 0) is 25.1 Å². The van der Waals surface area contributed by atoms with Crippen LogP contribution in [-0.4, -0.2) is 31.2 Å². The van der Waals surface area contributed by atoms with Crippen molar-refractivity contribution in [2.45, 2.75) is 13.8 Å². The maximum Gasteiger partial charge on any atom is 0.204 e. The van der Waals surface area contributed by atoms with E-state index in [0.717, 1.165) is 5.56 Å². The van der Waals surface area contributed by atoms with Crippen LogP contribution in [0, 0.1) is 6.92 Å². The summed E-state index contributed by atoms with van der Waals surface area (Å²) in [5, 5.41) is 4.71. The van der Waals surface area contributed by atoms with E-state index < -0.39 is 0 Å². The number of hydrogen-bond acceptors (Lipinski definition) is 7. The quantitative estimate of drug-likeness (QED) is 0.503. The van der Waals surface area contributed by atoms with Crippen LogP contribution in [0.2, 0.25) is 0 Å². The Morgan fingerprint density at radius 1 is 1.36 bits per heavy atom. The number of hydrazone groups is 1. The molecule has 116 valence electrons. The molecule has 0 spiro atoms. The van der Waals surface area contributed by atoms with E-state index in [1.807, 2.05) is 18.2 Å². The largest absolute Gasteiger partial charge is 0.497 e. The van der Waals surface area contributed by atoms with Gasteiger partial charge in [-0.1, -0.05) is 11.3 Å². The van der Waals surface area contributed by atoms with Crippen molar-refractivity contribution >= 4 is 28.5 Å². The van der Waals surface area contributed by atoms with Crippen molar-refractivity contribution in [2.75, 3.05) is 19.6 Å². The van der Waals surface area contributed by atoms with Gasteiger partial charge in [-0.2, -0.15) is 5.10 Å². The SMILES string of the molecule is COc1ccc(OC)c(/C=N/Nc2nc(C)c(C(C)=O)s2)c1. The van der Waals surface area contributed by atoms with Gasteiger partial charge in [-0.25, -0.2) is 4.98 Å². The Morgan fingerprint density at radius 3 is 2.73 bits per heavy atom. The lowest BCUT2D eigenvalue weighted by Crippen LogP contribution is -1.95. The van der Waals surface area contributed by atoms with Crippen LogP contribution in [0.3, 0.4) is 0 Å². The molecule has 0 aliphatic rings. The molecule has 0 aliphatic carbocycles. The van der Waals surface area contributed by atoms with Crippen molar-refractivity contribution in [1.82, 2.24) is 4.98 Å². The van der Waals surface area contributed by atoms with E-state index in [0.29, 0.717) is 27.2 Å². The third-order valence-corrected chi connectivity index (χ3v) is 4.08. The van der Waals surface area contributed by atoms with Gasteiger partial charge in [0.1, 0.15) is 11.5 Å². The number of ether oxygens (including phenoxy) is 2. The van der Waals surface area contributed by atoms with Crippen molar-refractivity contribution in [1.29, 1.82) is 0 Å². The molecule has 7 heteroatoms. The molecule has 1 heterocycles. The van der Waals surface area contributed by atoms with E-state index in [4.69, 9.17) is 9.47 Å². The first-order chi connectivity index (χ1) is 10.5. The van der Waals surface area contributed by atoms with Crippen LogP contribution < -0.4 is 14.9 Å². The number of nitrogens with zero attached hydrogens (tertiary/aromatic N) is 2. The van der Waals surface area contributed by atoms with Crippen molar-refractivity contribution in [2.24, 2.45) is 5.10 Å². The number of methoxy groups -OCH3 is 2. The average Bonchev–Trinajstić information content (AvgIpc) is 2.88. The summed E-state index contributed by atoms with van der Waals surface area (Å²) in [6, 6.07) is 5.44. The molecule has 2 aromatic rings. The van der Waals surface area contributed by atoms with Crippen LogP contribution >= 0.6 is 11.3 Å². The number of aryl methyl sites for hydroxylation is 1. The molecular formula is C15H17N3O3S. The fourth-order valence-corrected chi connectivity index (χ4v) is 2.68. The predicted molar refractivity (Wildman–Crippen MR) is 87.6 cm³/mol. The van der Waals surface area contributed by atoms with Gasteiger partial charge in [-0.15, -0.1) is 0 Å². The van der Waals surface area contributed by atoms with Crippen molar-refractivity contribution in [3.63, 3.8) is 0 Å². The number of hydrogen-bond donors (Lipinski definition) is 1. The molecule has 0 atom stereocenters. The highest BCUT2D eigenvalue weighted by atomic mass is 32.1. The number of benzene rings is 1. The van der Waals surface area contributed by atoms with E-state index in [-0.39, 0.29) is 5.78 Å². The molecule has 2 rings (SSSR count). The monoisotopic (exact) mass is 319 g/mol. The van der Waals surface area contributed by atoms with Crippen molar-refractivity contribution in [3.05, 3.63) is 34.3 Å². The molecule has 0 bridgehead atoms. The van der Waals surface area contributed by atoms with Gasteiger partial charge >= 0.3 is 0 Å². The number of nitrogens with one attached hydrogen (secondary N) is 1. The van der Waals surface area contributed by atoms with E-state index in [2.05, 4.69) is 15.5 Å². The molecule has 0 amide bonds. The fourth-order valence-electron chi connectivity index (χ4n) is 1.87.